The molecule has 0 saturated heterocycles. The lowest BCUT2D eigenvalue weighted by atomic mass is 9.81. The summed E-state index contributed by atoms with van der Waals surface area (Å²) in [6, 6.07) is 4.40. The average Bonchev–Trinajstić information content (AvgIpc) is 3.02. The lowest BCUT2D eigenvalue weighted by Crippen LogP contribution is -2.44. The van der Waals surface area contributed by atoms with E-state index in [1.54, 1.807) is 0 Å². The van der Waals surface area contributed by atoms with Crippen molar-refractivity contribution in [2.45, 2.75) is 71.4 Å². The summed E-state index contributed by atoms with van der Waals surface area (Å²) in [6.07, 6.45) is 6.94. The summed E-state index contributed by atoms with van der Waals surface area (Å²) >= 11 is 6.27. The zero-order chi connectivity index (χ0) is 25.8. The van der Waals surface area contributed by atoms with E-state index in [4.69, 9.17) is 11.6 Å². The van der Waals surface area contributed by atoms with Gasteiger partial charge >= 0.3 is 5.69 Å². The van der Waals surface area contributed by atoms with Crippen molar-refractivity contribution in [3.8, 4) is 5.69 Å². The van der Waals surface area contributed by atoms with Crippen LogP contribution in [0.25, 0.3) is 5.69 Å². The van der Waals surface area contributed by atoms with E-state index in [2.05, 4.69) is 10.4 Å². The number of aldehydes is 1. The molecule has 190 valence electrons. The van der Waals surface area contributed by atoms with Gasteiger partial charge in [0.15, 0.2) is 0 Å². The number of carbonyl (C=O) groups excluding carboxylic acids is 2. The third-order valence-electron chi connectivity index (χ3n) is 6.67. The third kappa shape index (κ3) is 6.46. The van der Waals surface area contributed by atoms with Gasteiger partial charge in [0.05, 0.1) is 21.9 Å². The highest BCUT2D eigenvalue weighted by Gasteiger charge is 2.29. The fourth-order valence-electron chi connectivity index (χ4n) is 4.22. The summed E-state index contributed by atoms with van der Waals surface area (Å²) in [5.74, 6) is -1.05. The molecule has 1 unspecified atom stereocenters. The van der Waals surface area contributed by atoms with E-state index in [9.17, 15) is 24.3 Å². The molecule has 35 heavy (non-hydrogen) atoms. The SMILES string of the molecule is CC(C)(C)C(C=O)Cn1c(=O)cnn(-c2ccc(Cl)c(C(=O)NCC3(O)CCCCCC3)c2)c1=O. The standard InChI is InChI=1S/C25H33ClN4O5/c1-24(2,3)17(15-31)14-29-21(32)13-28-30(23(29)34)18-8-9-20(26)19(12-18)22(33)27-16-25(35)10-6-4-5-7-11-25/h8-9,12-13,15,17,35H,4-7,10-11,14,16H2,1-3H3,(H,27,33). The molecule has 10 heteroatoms. The summed E-state index contributed by atoms with van der Waals surface area (Å²) in [5.41, 5.74) is -2.39. The fraction of sp³-hybridized carbons (Fsp3) is 0.560. The molecule has 0 bridgehead atoms. The molecule has 1 aromatic carbocycles. The first kappa shape index (κ1) is 26.8. The number of halogens is 1. The Morgan fingerprint density at radius 2 is 1.89 bits per heavy atom. The Labute approximate surface area is 209 Å². The summed E-state index contributed by atoms with van der Waals surface area (Å²) in [6.45, 7) is 5.58. The molecular formula is C25H33ClN4O5. The number of nitrogens with one attached hydrogen (secondary N) is 1. The van der Waals surface area contributed by atoms with Gasteiger partial charge < -0.3 is 15.2 Å². The molecule has 1 amide bonds. The molecule has 1 fully saturated rings. The van der Waals surface area contributed by atoms with Crippen LogP contribution in [0.2, 0.25) is 5.02 Å². The van der Waals surface area contributed by atoms with Crippen molar-refractivity contribution in [3.05, 3.63) is 55.8 Å². The van der Waals surface area contributed by atoms with Crippen LogP contribution < -0.4 is 16.6 Å². The zero-order valence-electron chi connectivity index (χ0n) is 20.4. The first-order valence-electron chi connectivity index (χ1n) is 11.9. The van der Waals surface area contributed by atoms with Crippen LogP contribution in [0.1, 0.15) is 69.7 Å². The Balaban J connectivity index is 1.89. The minimum Gasteiger partial charge on any atom is -0.388 e. The predicted octanol–water partition coefficient (Wildman–Crippen LogP) is 2.72. The second-order valence-corrected chi connectivity index (χ2v) is 10.8. The number of nitrogens with zero attached hydrogens (tertiary/aromatic N) is 3. The second-order valence-electron chi connectivity index (χ2n) is 10.4. The molecule has 1 saturated carbocycles. The van der Waals surface area contributed by atoms with Crippen LogP contribution in [-0.2, 0) is 11.3 Å². The van der Waals surface area contributed by atoms with E-state index < -0.39 is 34.1 Å². The average molecular weight is 505 g/mol. The van der Waals surface area contributed by atoms with Crippen molar-refractivity contribution < 1.29 is 14.7 Å². The van der Waals surface area contributed by atoms with Crippen LogP contribution in [0.4, 0.5) is 0 Å². The second kappa shape index (κ2) is 10.9. The van der Waals surface area contributed by atoms with E-state index in [-0.39, 0.29) is 29.4 Å². The Bertz CT molecular complexity index is 1190. The van der Waals surface area contributed by atoms with Gasteiger partial charge in [-0.15, -0.1) is 0 Å². The predicted molar refractivity (Wildman–Crippen MR) is 133 cm³/mol. The molecule has 3 rings (SSSR count). The molecule has 1 aliphatic carbocycles. The Morgan fingerprint density at radius 3 is 2.49 bits per heavy atom. The van der Waals surface area contributed by atoms with Crippen molar-refractivity contribution in [1.82, 2.24) is 19.7 Å². The fourth-order valence-corrected chi connectivity index (χ4v) is 4.42. The Morgan fingerprint density at radius 1 is 1.23 bits per heavy atom. The first-order valence-corrected chi connectivity index (χ1v) is 12.3. The van der Waals surface area contributed by atoms with Gasteiger partial charge in [-0.2, -0.15) is 9.78 Å². The van der Waals surface area contributed by atoms with Gasteiger partial charge in [0.1, 0.15) is 12.5 Å². The number of benzene rings is 1. The number of rotatable bonds is 7. The van der Waals surface area contributed by atoms with Crippen molar-refractivity contribution in [2.75, 3.05) is 6.54 Å². The number of hydrogen-bond donors (Lipinski definition) is 2. The molecule has 0 radical (unpaired) electrons. The highest BCUT2D eigenvalue weighted by Crippen LogP contribution is 2.27. The van der Waals surface area contributed by atoms with Gasteiger partial charge in [-0.25, -0.2) is 4.79 Å². The number of carbonyl (C=O) groups is 2. The van der Waals surface area contributed by atoms with E-state index in [1.807, 2.05) is 20.8 Å². The van der Waals surface area contributed by atoms with Gasteiger partial charge in [0.2, 0.25) is 0 Å². The van der Waals surface area contributed by atoms with E-state index in [0.717, 1.165) is 47.4 Å². The van der Waals surface area contributed by atoms with Crippen molar-refractivity contribution in [1.29, 1.82) is 0 Å². The maximum Gasteiger partial charge on any atom is 0.352 e. The van der Waals surface area contributed by atoms with Crippen LogP contribution in [-0.4, -0.2) is 43.8 Å². The van der Waals surface area contributed by atoms with Gasteiger partial charge in [-0.1, -0.05) is 58.1 Å². The molecule has 1 aromatic heterocycles. The monoisotopic (exact) mass is 504 g/mol. The highest BCUT2D eigenvalue weighted by atomic mass is 35.5. The highest BCUT2D eigenvalue weighted by molar-refractivity contribution is 6.33. The van der Waals surface area contributed by atoms with Crippen LogP contribution >= 0.6 is 11.6 Å². The Hall–Kier alpha value is -2.78. The topological polar surface area (TPSA) is 123 Å². The van der Waals surface area contributed by atoms with Crippen molar-refractivity contribution >= 4 is 23.8 Å². The van der Waals surface area contributed by atoms with Crippen LogP contribution in [0.15, 0.2) is 34.0 Å². The summed E-state index contributed by atoms with van der Waals surface area (Å²) < 4.78 is 1.96. The van der Waals surface area contributed by atoms with Gasteiger partial charge in [-0.3, -0.25) is 14.2 Å². The van der Waals surface area contributed by atoms with E-state index in [1.165, 1.54) is 18.2 Å². The maximum absolute atomic E-state index is 13.1. The smallest absolute Gasteiger partial charge is 0.352 e. The lowest BCUT2D eigenvalue weighted by Gasteiger charge is -2.27. The lowest BCUT2D eigenvalue weighted by molar-refractivity contribution is -0.114. The van der Waals surface area contributed by atoms with Gasteiger partial charge in [0, 0.05) is 19.0 Å². The maximum atomic E-state index is 13.1. The third-order valence-corrected chi connectivity index (χ3v) is 7.00. The van der Waals surface area contributed by atoms with Crippen LogP contribution in [0.3, 0.4) is 0 Å². The molecule has 0 spiro atoms. The summed E-state index contributed by atoms with van der Waals surface area (Å²) in [5, 5.41) is 17.7. The molecule has 2 N–H and O–H groups in total. The van der Waals surface area contributed by atoms with E-state index >= 15 is 0 Å². The van der Waals surface area contributed by atoms with Crippen LogP contribution in [0, 0.1) is 11.3 Å². The first-order chi connectivity index (χ1) is 16.4. The number of amides is 1. The van der Waals surface area contributed by atoms with Gasteiger partial charge in [-0.05, 0) is 36.5 Å². The summed E-state index contributed by atoms with van der Waals surface area (Å²) in [4.78, 5) is 50.0. The molecule has 2 aromatic rings. The largest absolute Gasteiger partial charge is 0.388 e. The molecule has 0 aliphatic heterocycles. The molecule has 1 atom stereocenters. The zero-order valence-corrected chi connectivity index (χ0v) is 21.2. The quantitative estimate of drug-likeness (QED) is 0.441. The Kier molecular flexibility index (Phi) is 8.33. The number of aromatic nitrogens is 3. The van der Waals surface area contributed by atoms with Gasteiger partial charge in [0.25, 0.3) is 11.5 Å². The number of hydrogen-bond acceptors (Lipinski definition) is 6. The molecule has 1 aliphatic rings. The van der Waals surface area contributed by atoms with Crippen molar-refractivity contribution in [2.24, 2.45) is 11.3 Å². The number of aliphatic hydroxyl groups is 1. The molecule has 9 nitrogen and oxygen atoms in total. The molecular weight excluding hydrogens is 472 g/mol. The summed E-state index contributed by atoms with van der Waals surface area (Å²) in [7, 11) is 0. The van der Waals surface area contributed by atoms with Crippen LogP contribution in [0.5, 0.6) is 0 Å². The van der Waals surface area contributed by atoms with Crippen molar-refractivity contribution in [3.63, 3.8) is 0 Å². The van der Waals surface area contributed by atoms with E-state index in [0.29, 0.717) is 12.8 Å². The normalized spacial score (nSPS) is 16.8. The minimum absolute atomic E-state index is 0.0906. The molecule has 1 heterocycles. The minimum atomic E-state index is -0.952.